The Kier molecular flexibility index (Phi) is 5.40. The van der Waals surface area contributed by atoms with Gasteiger partial charge in [0.05, 0.1) is 11.5 Å². The minimum atomic E-state index is -0.391. The van der Waals surface area contributed by atoms with Crippen molar-refractivity contribution in [2.24, 2.45) is 0 Å². The first-order valence-electron chi connectivity index (χ1n) is 10.3. The zero-order valence-electron chi connectivity index (χ0n) is 16.6. The van der Waals surface area contributed by atoms with E-state index in [9.17, 15) is 14.7 Å². The first-order chi connectivity index (χ1) is 13.9. The molecular weight excluding hydrogens is 372 g/mol. The molecule has 9 nitrogen and oxygen atoms in total. The van der Waals surface area contributed by atoms with Crippen molar-refractivity contribution in [2.75, 3.05) is 11.1 Å². The summed E-state index contributed by atoms with van der Waals surface area (Å²) in [6.45, 7) is 1.54. The van der Waals surface area contributed by atoms with Gasteiger partial charge in [-0.05, 0) is 44.9 Å². The average Bonchev–Trinajstić information content (AvgIpc) is 3.08. The molecule has 2 heterocycles. The van der Waals surface area contributed by atoms with Gasteiger partial charge < -0.3 is 21.5 Å². The molecule has 0 aliphatic heterocycles. The Morgan fingerprint density at radius 1 is 1.21 bits per heavy atom. The van der Waals surface area contributed by atoms with E-state index in [4.69, 9.17) is 5.73 Å². The van der Waals surface area contributed by atoms with Crippen LogP contribution < -0.4 is 21.9 Å². The fraction of sp³-hybridized carbons (Fsp3) is 0.600. The van der Waals surface area contributed by atoms with Crippen LogP contribution in [-0.4, -0.2) is 43.7 Å². The number of nitrogen functional groups attached to an aromatic ring is 1. The number of carbonyl (C=O) groups excluding carboxylic acids is 1. The Hall–Kier alpha value is -2.68. The second-order valence-corrected chi connectivity index (χ2v) is 8.25. The summed E-state index contributed by atoms with van der Waals surface area (Å²) < 4.78 is 1.66. The fourth-order valence-electron chi connectivity index (χ4n) is 4.59. The molecule has 0 radical (unpaired) electrons. The maximum Gasteiger partial charge on any atom is 0.254 e. The van der Waals surface area contributed by atoms with Crippen molar-refractivity contribution < 1.29 is 9.90 Å². The molecule has 2 atom stereocenters. The highest BCUT2D eigenvalue weighted by molar-refractivity contribution is 5.87. The van der Waals surface area contributed by atoms with Crippen molar-refractivity contribution in [1.82, 2.24) is 19.9 Å². The van der Waals surface area contributed by atoms with Crippen LogP contribution in [0.5, 0.6) is 0 Å². The number of hydrogen-bond acceptors (Lipinski definition) is 7. The van der Waals surface area contributed by atoms with E-state index in [0.29, 0.717) is 35.5 Å². The molecule has 0 bridgehead atoms. The van der Waals surface area contributed by atoms with E-state index in [1.165, 1.54) is 6.07 Å². The Bertz CT molecular complexity index is 967. The van der Waals surface area contributed by atoms with E-state index in [0.717, 1.165) is 32.1 Å². The Labute approximate surface area is 168 Å². The number of aromatic nitrogens is 3. The monoisotopic (exact) mass is 400 g/mol. The van der Waals surface area contributed by atoms with E-state index < -0.39 is 6.10 Å². The molecule has 0 spiro atoms. The number of amides is 1. The van der Waals surface area contributed by atoms with Crippen LogP contribution in [0.15, 0.2) is 17.1 Å². The van der Waals surface area contributed by atoms with Gasteiger partial charge in [0.1, 0.15) is 0 Å². The van der Waals surface area contributed by atoms with Crippen LogP contribution in [-0.2, 0) is 4.79 Å². The number of aliphatic hydroxyl groups is 1. The topological polar surface area (TPSA) is 135 Å². The van der Waals surface area contributed by atoms with Gasteiger partial charge in [0.15, 0.2) is 5.65 Å². The molecule has 2 fully saturated rings. The van der Waals surface area contributed by atoms with Crippen molar-refractivity contribution in [1.29, 1.82) is 0 Å². The molecule has 4 rings (SSSR count). The zero-order chi connectivity index (χ0) is 20.5. The molecular formula is C20H28N6O3. The van der Waals surface area contributed by atoms with Gasteiger partial charge in [0.2, 0.25) is 11.9 Å². The number of nitrogens with zero attached hydrogens (tertiary/aromatic N) is 3. The zero-order valence-corrected chi connectivity index (χ0v) is 16.6. The third-order valence-electron chi connectivity index (χ3n) is 6.03. The first-order valence-corrected chi connectivity index (χ1v) is 10.3. The van der Waals surface area contributed by atoms with Crippen LogP contribution in [0.2, 0.25) is 0 Å². The summed E-state index contributed by atoms with van der Waals surface area (Å²) in [5, 5.41) is 16.9. The molecule has 2 unspecified atom stereocenters. The predicted octanol–water partition coefficient (Wildman–Crippen LogP) is 1.32. The molecule has 2 aromatic heterocycles. The van der Waals surface area contributed by atoms with E-state index in [1.807, 2.05) is 0 Å². The highest BCUT2D eigenvalue weighted by atomic mass is 16.3. The second-order valence-electron chi connectivity index (χ2n) is 8.25. The van der Waals surface area contributed by atoms with Crippen molar-refractivity contribution in [3.05, 3.63) is 22.6 Å². The molecule has 0 saturated heterocycles. The third-order valence-corrected chi connectivity index (χ3v) is 6.03. The number of nitrogens with two attached hydrogens (primary N) is 1. The number of pyridine rings is 1. The number of aliphatic hydroxyl groups excluding tert-OH is 1. The lowest BCUT2D eigenvalue weighted by Crippen LogP contribution is -2.39. The Balaban J connectivity index is 1.57. The van der Waals surface area contributed by atoms with Crippen molar-refractivity contribution >= 4 is 28.6 Å². The number of anilines is 2. The highest BCUT2D eigenvalue weighted by Crippen LogP contribution is 2.32. The van der Waals surface area contributed by atoms with Gasteiger partial charge in [0.25, 0.3) is 5.56 Å². The quantitative estimate of drug-likeness (QED) is 0.608. The molecule has 2 aliphatic carbocycles. The smallest absolute Gasteiger partial charge is 0.254 e. The Morgan fingerprint density at radius 2 is 1.93 bits per heavy atom. The fourth-order valence-corrected chi connectivity index (χ4v) is 4.59. The van der Waals surface area contributed by atoms with Gasteiger partial charge in [-0.2, -0.15) is 4.98 Å². The first kappa shape index (κ1) is 19.6. The maximum absolute atomic E-state index is 12.7. The van der Waals surface area contributed by atoms with Crippen LogP contribution >= 0.6 is 0 Å². The lowest BCUT2D eigenvalue weighted by molar-refractivity contribution is -0.119. The molecule has 156 valence electrons. The normalized spacial score (nSPS) is 27.1. The van der Waals surface area contributed by atoms with Crippen LogP contribution in [0.1, 0.15) is 57.9 Å². The van der Waals surface area contributed by atoms with Gasteiger partial charge >= 0.3 is 0 Å². The van der Waals surface area contributed by atoms with E-state index in [-0.39, 0.29) is 29.6 Å². The van der Waals surface area contributed by atoms with Gasteiger partial charge in [-0.15, -0.1) is 0 Å². The SMILES string of the molecule is CC(=O)NC1CCC(Nc2ncc3c(N)cc(=O)n(C4CCC(O)C4)c3n2)CC1. The van der Waals surface area contributed by atoms with Crippen LogP contribution in [0.4, 0.5) is 11.6 Å². The molecule has 0 aromatic carbocycles. The van der Waals surface area contributed by atoms with Gasteiger partial charge in [-0.3, -0.25) is 14.2 Å². The number of nitrogens with one attached hydrogen (secondary N) is 2. The van der Waals surface area contributed by atoms with Crippen LogP contribution in [0.3, 0.4) is 0 Å². The maximum atomic E-state index is 12.7. The lowest BCUT2D eigenvalue weighted by atomic mass is 9.91. The summed E-state index contributed by atoms with van der Waals surface area (Å²) in [5.74, 6) is 0.477. The molecule has 5 N–H and O–H groups in total. The molecule has 29 heavy (non-hydrogen) atoms. The van der Waals surface area contributed by atoms with E-state index in [1.54, 1.807) is 17.7 Å². The predicted molar refractivity (Wildman–Crippen MR) is 111 cm³/mol. The molecule has 2 saturated carbocycles. The lowest BCUT2D eigenvalue weighted by Gasteiger charge is -2.29. The number of hydrogen-bond donors (Lipinski definition) is 4. The van der Waals surface area contributed by atoms with Gasteiger partial charge in [-0.1, -0.05) is 0 Å². The standard InChI is InChI=1S/C20H28N6O3/c1-11(27)23-12-2-4-13(5-3-12)24-20-22-10-16-17(21)9-18(29)26(19(16)25-20)14-6-7-15(28)8-14/h9-10,12-15,28H,2-8,21H2,1H3,(H,23,27)(H,22,24,25). The molecule has 2 aliphatic rings. The van der Waals surface area contributed by atoms with Crippen LogP contribution in [0, 0.1) is 0 Å². The largest absolute Gasteiger partial charge is 0.398 e. The summed E-state index contributed by atoms with van der Waals surface area (Å²) in [6, 6.07) is 1.76. The Morgan fingerprint density at radius 3 is 2.59 bits per heavy atom. The van der Waals surface area contributed by atoms with Crippen molar-refractivity contribution in [3.63, 3.8) is 0 Å². The second kappa shape index (κ2) is 7.98. The molecule has 2 aromatic rings. The summed E-state index contributed by atoms with van der Waals surface area (Å²) in [7, 11) is 0. The van der Waals surface area contributed by atoms with Crippen LogP contribution in [0.25, 0.3) is 11.0 Å². The number of carbonyl (C=O) groups is 1. The average molecular weight is 400 g/mol. The summed E-state index contributed by atoms with van der Waals surface area (Å²) >= 11 is 0. The third kappa shape index (κ3) is 4.19. The summed E-state index contributed by atoms with van der Waals surface area (Å²) in [6.07, 6.45) is 6.85. The highest BCUT2D eigenvalue weighted by Gasteiger charge is 2.27. The summed E-state index contributed by atoms with van der Waals surface area (Å²) in [5.41, 5.74) is 6.72. The minimum absolute atomic E-state index is 0.00635. The van der Waals surface area contributed by atoms with Gasteiger partial charge in [0, 0.05) is 43.0 Å². The molecule has 9 heteroatoms. The molecule has 1 amide bonds. The number of rotatable bonds is 4. The van der Waals surface area contributed by atoms with Gasteiger partial charge in [-0.25, -0.2) is 4.98 Å². The van der Waals surface area contributed by atoms with Crippen molar-refractivity contribution in [3.8, 4) is 0 Å². The summed E-state index contributed by atoms with van der Waals surface area (Å²) in [4.78, 5) is 32.9. The van der Waals surface area contributed by atoms with E-state index >= 15 is 0 Å². The van der Waals surface area contributed by atoms with Crippen molar-refractivity contribution in [2.45, 2.75) is 76.1 Å². The van der Waals surface area contributed by atoms with E-state index in [2.05, 4.69) is 20.6 Å². The minimum Gasteiger partial charge on any atom is -0.398 e. The number of fused-ring (bicyclic) bond motifs is 1.